The average molecular weight is 342 g/mol. The molecule has 0 fully saturated rings. The van der Waals surface area contributed by atoms with Gasteiger partial charge in [0.2, 0.25) is 0 Å². The molecule has 0 saturated carbocycles. The fourth-order valence-electron chi connectivity index (χ4n) is 3.17. The van der Waals surface area contributed by atoms with E-state index in [9.17, 15) is 9.59 Å². The number of fused-ring (bicyclic) bond motifs is 1. The number of carbonyl (C=O) groups is 2. The van der Waals surface area contributed by atoms with Crippen LogP contribution in [-0.4, -0.2) is 18.5 Å². The number of nitrogens with one attached hydrogen (secondary N) is 3. The van der Waals surface area contributed by atoms with E-state index in [1.54, 1.807) is 0 Å². The first-order valence-corrected chi connectivity index (χ1v) is 8.33. The van der Waals surface area contributed by atoms with Gasteiger partial charge >= 0.3 is 6.03 Å². The Morgan fingerprint density at radius 1 is 1.44 bits per heavy atom. The zero-order valence-electron chi connectivity index (χ0n) is 14.1. The molecule has 25 heavy (non-hydrogen) atoms. The zero-order valence-corrected chi connectivity index (χ0v) is 14.1. The minimum Gasteiger partial charge on any atom is -0.494 e. The third-order valence-electron chi connectivity index (χ3n) is 4.37. The first kappa shape index (κ1) is 16.9. The van der Waals surface area contributed by atoms with Crippen molar-refractivity contribution in [3.63, 3.8) is 0 Å². The second-order valence-electron chi connectivity index (χ2n) is 6.06. The molecule has 0 radical (unpaired) electrons. The summed E-state index contributed by atoms with van der Waals surface area (Å²) in [6.07, 6.45) is 2.74. The summed E-state index contributed by atoms with van der Waals surface area (Å²) in [7, 11) is 0. The molecule has 1 aromatic rings. The SMILES string of the molecule is C=C1NC(=O)NC(C(=O)N[C@H]2CCCc3cc(OCC)ccc32)=C1N. The molecule has 7 nitrogen and oxygen atoms in total. The summed E-state index contributed by atoms with van der Waals surface area (Å²) in [6.45, 7) is 6.20. The highest BCUT2D eigenvalue weighted by atomic mass is 16.5. The average Bonchev–Trinajstić information content (AvgIpc) is 2.58. The number of ether oxygens (including phenoxy) is 1. The van der Waals surface area contributed by atoms with Crippen LogP contribution >= 0.6 is 0 Å². The van der Waals surface area contributed by atoms with E-state index < -0.39 is 11.9 Å². The van der Waals surface area contributed by atoms with E-state index in [-0.39, 0.29) is 23.1 Å². The Bertz CT molecular complexity index is 770. The number of nitrogens with two attached hydrogens (primary N) is 1. The molecule has 132 valence electrons. The number of aryl methyl sites for hydroxylation is 1. The van der Waals surface area contributed by atoms with Gasteiger partial charge in [0, 0.05) is 0 Å². The van der Waals surface area contributed by atoms with Crippen molar-refractivity contribution < 1.29 is 14.3 Å². The van der Waals surface area contributed by atoms with Crippen LogP contribution in [0.2, 0.25) is 0 Å². The Morgan fingerprint density at radius 3 is 3.00 bits per heavy atom. The molecule has 1 aliphatic heterocycles. The lowest BCUT2D eigenvalue weighted by molar-refractivity contribution is -0.118. The Labute approximate surface area is 146 Å². The van der Waals surface area contributed by atoms with Crippen molar-refractivity contribution in [1.82, 2.24) is 16.0 Å². The minimum absolute atomic E-state index is 0.0341. The molecule has 1 aliphatic carbocycles. The quantitative estimate of drug-likeness (QED) is 0.666. The van der Waals surface area contributed by atoms with Crippen molar-refractivity contribution >= 4 is 11.9 Å². The summed E-state index contributed by atoms with van der Waals surface area (Å²) in [6, 6.07) is 5.28. The van der Waals surface area contributed by atoms with Crippen LogP contribution < -0.4 is 26.4 Å². The normalized spacial score (nSPS) is 19.6. The molecule has 0 saturated heterocycles. The standard InChI is InChI=1S/C18H22N4O3/c1-3-25-12-7-8-13-11(9-12)5-4-6-14(13)21-17(23)16-15(19)10(2)20-18(24)22-16/h7-9,14H,2-6,19H2,1H3,(H,21,23)(H2,20,22,24)/t14-/m0/s1. The highest BCUT2D eigenvalue weighted by Gasteiger charge is 2.28. The molecule has 0 aromatic heterocycles. The fraction of sp³-hybridized carbons (Fsp3) is 0.333. The summed E-state index contributed by atoms with van der Waals surface area (Å²) in [5, 5.41) is 7.84. The van der Waals surface area contributed by atoms with Crippen LogP contribution in [0.4, 0.5) is 4.79 Å². The molecule has 0 spiro atoms. The lowest BCUT2D eigenvalue weighted by Crippen LogP contribution is -2.47. The van der Waals surface area contributed by atoms with Gasteiger partial charge in [0.25, 0.3) is 5.91 Å². The van der Waals surface area contributed by atoms with Crippen LogP contribution in [0.25, 0.3) is 0 Å². The molecular formula is C18H22N4O3. The van der Waals surface area contributed by atoms with Gasteiger partial charge in [0.05, 0.1) is 24.0 Å². The van der Waals surface area contributed by atoms with Crippen molar-refractivity contribution in [2.75, 3.05) is 6.61 Å². The molecule has 3 rings (SSSR count). The Morgan fingerprint density at radius 2 is 2.24 bits per heavy atom. The van der Waals surface area contributed by atoms with E-state index in [2.05, 4.69) is 22.5 Å². The van der Waals surface area contributed by atoms with E-state index in [1.165, 1.54) is 5.56 Å². The molecular weight excluding hydrogens is 320 g/mol. The highest BCUT2D eigenvalue weighted by Crippen LogP contribution is 2.32. The maximum absolute atomic E-state index is 12.6. The fourth-order valence-corrected chi connectivity index (χ4v) is 3.17. The van der Waals surface area contributed by atoms with Crippen LogP contribution in [-0.2, 0) is 11.2 Å². The van der Waals surface area contributed by atoms with Gasteiger partial charge in [-0.15, -0.1) is 0 Å². The summed E-state index contributed by atoms with van der Waals surface area (Å²) in [5.41, 5.74) is 8.50. The second-order valence-corrected chi connectivity index (χ2v) is 6.06. The van der Waals surface area contributed by atoms with Crippen molar-refractivity contribution in [2.45, 2.75) is 32.2 Å². The van der Waals surface area contributed by atoms with Crippen molar-refractivity contribution in [2.24, 2.45) is 5.73 Å². The smallest absolute Gasteiger partial charge is 0.323 e. The Kier molecular flexibility index (Phi) is 4.65. The predicted octanol–water partition coefficient (Wildman–Crippen LogP) is 1.58. The monoisotopic (exact) mass is 342 g/mol. The van der Waals surface area contributed by atoms with E-state index in [1.807, 2.05) is 25.1 Å². The second kappa shape index (κ2) is 6.88. The molecule has 2 aliphatic rings. The Balaban J connectivity index is 1.80. The van der Waals surface area contributed by atoms with Crippen LogP contribution in [0.5, 0.6) is 5.75 Å². The van der Waals surface area contributed by atoms with Crippen LogP contribution in [0.15, 0.2) is 41.9 Å². The number of carbonyl (C=O) groups excluding carboxylic acids is 2. The molecule has 1 aromatic carbocycles. The van der Waals surface area contributed by atoms with Gasteiger partial charge < -0.3 is 26.4 Å². The summed E-state index contributed by atoms with van der Waals surface area (Å²) in [5.74, 6) is 0.419. The van der Waals surface area contributed by atoms with Crippen LogP contribution in [0, 0.1) is 0 Å². The van der Waals surface area contributed by atoms with Gasteiger partial charge in [-0.2, -0.15) is 0 Å². The van der Waals surface area contributed by atoms with Crippen molar-refractivity contribution in [3.8, 4) is 5.75 Å². The predicted molar refractivity (Wildman–Crippen MR) is 93.5 cm³/mol. The third kappa shape index (κ3) is 3.45. The molecule has 1 heterocycles. The lowest BCUT2D eigenvalue weighted by atomic mass is 9.87. The van der Waals surface area contributed by atoms with E-state index in [0.717, 1.165) is 30.6 Å². The van der Waals surface area contributed by atoms with Gasteiger partial charge in [-0.05, 0) is 49.4 Å². The van der Waals surface area contributed by atoms with Crippen LogP contribution in [0.3, 0.4) is 0 Å². The maximum Gasteiger partial charge on any atom is 0.323 e. The number of urea groups is 1. The summed E-state index contributed by atoms with van der Waals surface area (Å²) >= 11 is 0. The molecule has 0 unspecified atom stereocenters. The molecule has 1 atom stereocenters. The zero-order chi connectivity index (χ0) is 18.0. The summed E-state index contributed by atoms with van der Waals surface area (Å²) < 4.78 is 5.55. The van der Waals surface area contributed by atoms with Gasteiger partial charge in [0.15, 0.2) is 0 Å². The topological polar surface area (TPSA) is 105 Å². The van der Waals surface area contributed by atoms with Gasteiger partial charge in [-0.25, -0.2) is 4.79 Å². The number of rotatable bonds is 4. The molecule has 5 N–H and O–H groups in total. The van der Waals surface area contributed by atoms with Crippen molar-refractivity contribution in [3.05, 3.63) is 53.0 Å². The molecule has 7 heteroatoms. The number of amides is 3. The Hall–Kier alpha value is -2.96. The number of benzene rings is 1. The summed E-state index contributed by atoms with van der Waals surface area (Å²) in [4.78, 5) is 24.1. The lowest BCUT2D eigenvalue weighted by Gasteiger charge is -2.28. The first-order valence-electron chi connectivity index (χ1n) is 8.33. The third-order valence-corrected chi connectivity index (χ3v) is 4.37. The van der Waals surface area contributed by atoms with E-state index in [0.29, 0.717) is 6.61 Å². The van der Waals surface area contributed by atoms with Gasteiger partial charge in [-0.3, -0.25) is 4.79 Å². The van der Waals surface area contributed by atoms with Gasteiger partial charge in [-0.1, -0.05) is 12.6 Å². The molecule has 0 bridgehead atoms. The maximum atomic E-state index is 12.6. The van der Waals surface area contributed by atoms with Crippen LogP contribution in [0.1, 0.15) is 36.9 Å². The van der Waals surface area contributed by atoms with Gasteiger partial charge in [0.1, 0.15) is 11.4 Å². The number of hydrogen-bond acceptors (Lipinski definition) is 4. The minimum atomic E-state index is -0.519. The number of hydrogen-bond donors (Lipinski definition) is 4. The molecule has 3 amide bonds. The largest absolute Gasteiger partial charge is 0.494 e. The van der Waals surface area contributed by atoms with E-state index in [4.69, 9.17) is 10.5 Å². The highest BCUT2D eigenvalue weighted by molar-refractivity contribution is 6.00. The van der Waals surface area contributed by atoms with E-state index >= 15 is 0 Å². The first-order chi connectivity index (χ1) is 12.0. The van der Waals surface area contributed by atoms with Crippen molar-refractivity contribution in [1.29, 1.82) is 0 Å².